The summed E-state index contributed by atoms with van der Waals surface area (Å²) in [6.45, 7) is 0. The van der Waals surface area contributed by atoms with Crippen molar-refractivity contribution in [1.29, 1.82) is 0 Å². The molecule has 3 rings (SSSR count). The van der Waals surface area contributed by atoms with Crippen LogP contribution in [0.4, 0.5) is 27.6 Å². The quantitative estimate of drug-likeness (QED) is 0.706. The van der Waals surface area contributed by atoms with Crippen molar-refractivity contribution in [3.63, 3.8) is 0 Å². The van der Waals surface area contributed by atoms with E-state index in [1.54, 1.807) is 0 Å². The Bertz CT molecular complexity index is 1080. The maximum atomic E-state index is 14.7. The first-order valence-corrected chi connectivity index (χ1v) is 8.52. The third kappa shape index (κ3) is 3.66. The lowest BCUT2D eigenvalue weighted by Crippen LogP contribution is -2.54. The van der Waals surface area contributed by atoms with E-state index in [4.69, 9.17) is 9.85 Å². The van der Waals surface area contributed by atoms with Crippen LogP contribution >= 0.6 is 0 Å². The molecule has 1 aliphatic rings. The highest BCUT2D eigenvalue weighted by molar-refractivity contribution is 6.02. The zero-order valence-corrected chi connectivity index (χ0v) is 15.1. The summed E-state index contributed by atoms with van der Waals surface area (Å²) in [5.74, 6) is -7.02. The number of nitrogens with one attached hydrogen (secondary N) is 1. The molecule has 0 radical (unpaired) electrons. The molecule has 0 aliphatic carbocycles. The Morgan fingerprint density at radius 2 is 2.10 bits per heavy atom. The average molecular weight is 431 g/mol. The molecule has 11 heteroatoms. The van der Waals surface area contributed by atoms with E-state index in [1.165, 1.54) is 0 Å². The van der Waals surface area contributed by atoms with Crippen LogP contribution in [-0.2, 0) is 5.54 Å². The van der Waals surface area contributed by atoms with Crippen LogP contribution in [0.25, 0.3) is 0 Å². The molecule has 0 saturated carbocycles. The summed E-state index contributed by atoms with van der Waals surface area (Å²) >= 11 is 0. The van der Waals surface area contributed by atoms with Crippen LogP contribution in [0.15, 0.2) is 41.5 Å². The average Bonchev–Trinajstić information content (AvgIpc) is 2.70. The number of nitrogens with zero attached hydrogens (tertiary/aromatic N) is 2. The third-order valence-electron chi connectivity index (χ3n) is 4.61. The minimum Gasteiger partial charge on any atom is -0.495 e. The molecule has 1 aromatic carbocycles. The highest BCUT2D eigenvalue weighted by Gasteiger charge is 2.63. The van der Waals surface area contributed by atoms with Gasteiger partial charge in [-0.05, 0) is 30.3 Å². The summed E-state index contributed by atoms with van der Waals surface area (Å²) in [4.78, 5) is 19.4. The van der Waals surface area contributed by atoms with Gasteiger partial charge in [-0.15, -0.1) is 0 Å². The van der Waals surface area contributed by atoms with Crippen molar-refractivity contribution < 1.29 is 35.6 Å². The van der Waals surface area contributed by atoms with Gasteiger partial charge in [0, 0.05) is 24.1 Å². The molecule has 0 saturated heterocycles. The number of alkyl halides is 4. The predicted octanol–water partition coefficient (Wildman–Crippen LogP) is 3.73. The molecule has 3 N–H and O–H groups in total. The van der Waals surface area contributed by atoms with E-state index in [-0.39, 0.29) is 17.1 Å². The summed E-state index contributed by atoms with van der Waals surface area (Å²) in [7, 11) is -2.73. The lowest BCUT2D eigenvalue weighted by atomic mass is 9.79. The van der Waals surface area contributed by atoms with E-state index in [0.29, 0.717) is 12.1 Å². The second-order valence-corrected chi connectivity index (χ2v) is 6.50. The van der Waals surface area contributed by atoms with Gasteiger partial charge in [0.15, 0.2) is 0 Å². The number of benzene rings is 1. The molecule has 6 nitrogen and oxygen atoms in total. The van der Waals surface area contributed by atoms with E-state index in [9.17, 15) is 26.7 Å². The standard InChI is InChI=1S/C19H17F5N4O2/c1-30-11-3-5-14(26-9-11)16(29)27-10-2-4-13(20)12(8-10)19(17(21)22)18(23,24)7-6-15(25)28-19/h2-5,8-9,17H,6-7H2,1H3,(H2,25,28)(H,27,29)/i1D3. The maximum Gasteiger partial charge on any atom is 0.283 e. The Labute approximate surface area is 172 Å². The minimum absolute atomic E-state index is 0.149. The molecular weight excluding hydrogens is 411 g/mol. The molecule has 2 heterocycles. The highest BCUT2D eigenvalue weighted by atomic mass is 19.3. The predicted molar refractivity (Wildman–Crippen MR) is 98.6 cm³/mol. The van der Waals surface area contributed by atoms with Crippen molar-refractivity contribution in [2.24, 2.45) is 10.7 Å². The fourth-order valence-corrected chi connectivity index (χ4v) is 3.09. The number of amidine groups is 1. The van der Waals surface area contributed by atoms with Gasteiger partial charge < -0.3 is 15.8 Å². The molecule has 160 valence electrons. The molecule has 1 aliphatic heterocycles. The number of nitrogens with two attached hydrogens (primary N) is 1. The molecule has 1 unspecified atom stereocenters. The number of aromatic nitrogens is 1. The lowest BCUT2D eigenvalue weighted by molar-refractivity contribution is -0.145. The number of aliphatic imine (C=N–C) groups is 1. The van der Waals surface area contributed by atoms with E-state index in [1.807, 2.05) is 0 Å². The zero-order valence-electron chi connectivity index (χ0n) is 18.1. The molecule has 1 aromatic heterocycles. The number of ether oxygens (including phenoxy) is 1. The van der Waals surface area contributed by atoms with Gasteiger partial charge >= 0.3 is 0 Å². The first-order chi connectivity index (χ1) is 15.2. The lowest BCUT2D eigenvalue weighted by Gasteiger charge is -2.40. The Balaban J connectivity index is 1.93. The Kier molecular flexibility index (Phi) is 4.63. The van der Waals surface area contributed by atoms with Crippen molar-refractivity contribution in [3.8, 4) is 5.75 Å². The summed E-state index contributed by atoms with van der Waals surface area (Å²) in [5, 5.41) is 2.24. The van der Waals surface area contributed by atoms with Crippen molar-refractivity contribution in [2.45, 2.75) is 30.7 Å². The number of halogens is 5. The third-order valence-corrected chi connectivity index (χ3v) is 4.61. The number of hydrogen-bond donors (Lipinski definition) is 2. The van der Waals surface area contributed by atoms with Gasteiger partial charge in [-0.1, -0.05) is 0 Å². The number of amides is 1. The topological polar surface area (TPSA) is 89.6 Å². The number of rotatable bonds is 5. The number of methoxy groups -OCH3 is 1. The van der Waals surface area contributed by atoms with Crippen LogP contribution < -0.4 is 15.8 Å². The number of anilines is 1. The maximum absolute atomic E-state index is 14.7. The van der Waals surface area contributed by atoms with Gasteiger partial charge in [0.05, 0.1) is 23.2 Å². The number of carbonyl (C=O) groups excluding carboxylic acids is 1. The Morgan fingerprint density at radius 1 is 1.33 bits per heavy atom. The fourth-order valence-electron chi connectivity index (χ4n) is 3.09. The number of pyridine rings is 1. The number of hydrogen-bond acceptors (Lipinski definition) is 5. The monoisotopic (exact) mass is 431 g/mol. The van der Waals surface area contributed by atoms with Gasteiger partial charge in [-0.3, -0.25) is 4.79 Å². The van der Waals surface area contributed by atoms with Crippen molar-refractivity contribution in [2.75, 3.05) is 12.4 Å². The molecule has 0 fully saturated rings. The van der Waals surface area contributed by atoms with E-state index in [0.717, 1.165) is 24.4 Å². The summed E-state index contributed by atoms with van der Waals surface area (Å²) in [5.41, 5.74) is 0.225. The molecule has 1 atom stereocenters. The van der Waals surface area contributed by atoms with Gasteiger partial charge in [-0.2, -0.15) is 0 Å². The van der Waals surface area contributed by atoms with Gasteiger partial charge in [-0.25, -0.2) is 31.9 Å². The highest BCUT2D eigenvalue weighted by Crippen LogP contribution is 2.51. The van der Waals surface area contributed by atoms with Crippen LogP contribution in [0.3, 0.4) is 0 Å². The molecular formula is C19H17F5N4O2. The van der Waals surface area contributed by atoms with Crippen LogP contribution in [0.2, 0.25) is 0 Å². The van der Waals surface area contributed by atoms with E-state index in [2.05, 4.69) is 20.0 Å². The van der Waals surface area contributed by atoms with E-state index >= 15 is 0 Å². The largest absolute Gasteiger partial charge is 0.495 e. The summed E-state index contributed by atoms with van der Waals surface area (Å²) < 4.78 is 97.4. The van der Waals surface area contributed by atoms with E-state index < -0.39 is 60.9 Å². The van der Waals surface area contributed by atoms with Crippen LogP contribution in [0.5, 0.6) is 5.75 Å². The molecule has 2 aromatic rings. The number of carbonyl (C=O) groups is 1. The SMILES string of the molecule is [2H]C([2H])([2H])Oc1ccc(C(=O)Nc2ccc(F)c(C3(C(F)F)N=C(N)CCC3(F)F)c2)nc1. The first kappa shape index (κ1) is 17.6. The second kappa shape index (κ2) is 7.88. The van der Waals surface area contributed by atoms with Crippen molar-refractivity contribution in [3.05, 3.63) is 53.6 Å². The molecule has 30 heavy (non-hydrogen) atoms. The fraction of sp³-hybridized carbons (Fsp3) is 0.316. The molecule has 0 spiro atoms. The summed E-state index contributed by atoms with van der Waals surface area (Å²) in [6.07, 6.45) is -4.34. The Morgan fingerprint density at radius 3 is 2.73 bits per heavy atom. The van der Waals surface area contributed by atoms with Gasteiger partial charge in [0.25, 0.3) is 18.3 Å². The molecule has 1 amide bonds. The normalized spacial score (nSPS) is 22.5. The summed E-state index contributed by atoms with van der Waals surface area (Å²) in [6, 6.07) is 4.53. The second-order valence-electron chi connectivity index (χ2n) is 6.50. The van der Waals surface area contributed by atoms with Crippen molar-refractivity contribution in [1.82, 2.24) is 4.98 Å². The van der Waals surface area contributed by atoms with Crippen molar-refractivity contribution >= 4 is 17.4 Å². The van der Waals surface area contributed by atoms with Crippen LogP contribution in [0, 0.1) is 5.82 Å². The van der Waals surface area contributed by atoms with Crippen LogP contribution in [-0.4, -0.2) is 36.1 Å². The smallest absolute Gasteiger partial charge is 0.283 e. The van der Waals surface area contributed by atoms with Gasteiger partial charge in [0.2, 0.25) is 5.54 Å². The zero-order chi connectivity index (χ0) is 24.6. The van der Waals surface area contributed by atoms with Gasteiger partial charge in [0.1, 0.15) is 17.3 Å². The van der Waals surface area contributed by atoms with Crippen LogP contribution in [0.1, 0.15) is 33.0 Å². The Hall–Kier alpha value is -3.24. The minimum atomic E-state index is -4.12. The first-order valence-electron chi connectivity index (χ1n) is 10.0. The molecule has 0 bridgehead atoms.